The molecule has 90 valence electrons. The second-order valence-corrected chi connectivity index (χ2v) is 6.84. The molecule has 1 aliphatic carbocycles. The third kappa shape index (κ3) is 1.81. The number of nitrogens with one attached hydrogen (secondary N) is 1. The average molecular weight is 223 g/mol. The van der Waals surface area contributed by atoms with E-state index in [2.05, 4.69) is 38.0 Å². The molecule has 0 aromatic rings. The standard InChI is InChI=1S/C12H21N3O/c1-10(2)5-11(3,4)7-12(6-10)8(16)14-9(13)15-12/h5-7H2,1-4H3,(H3,13,14,15,16). The fourth-order valence-corrected chi connectivity index (χ4v) is 3.85. The number of carbonyl (C=O) groups is 1. The van der Waals surface area contributed by atoms with E-state index in [9.17, 15) is 4.79 Å². The molecule has 2 rings (SSSR count). The Kier molecular flexibility index (Phi) is 2.14. The molecule has 1 aliphatic heterocycles. The van der Waals surface area contributed by atoms with Gasteiger partial charge in [-0.15, -0.1) is 0 Å². The molecule has 0 saturated heterocycles. The quantitative estimate of drug-likeness (QED) is 0.652. The fraction of sp³-hybridized carbons (Fsp3) is 0.833. The van der Waals surface area contributed by atoms with Gasteiger partial charge in [0, 0.05) is 0 Å². The van der Waals surface area contributed by atoms with Crippen LogP contribution in [-0.4, -0.2) is 17.4 Å². The van der Waals surface area contributed by atoms with Crippen LogP contribution in [0.15, 0.2) is 4.99 Å². The summed E-state index contributed by atoms with van der Waals surface area (Å²) in [7, 11) is 0. The molecule has 1 spiro atoms. The van der Waals surface area contributed by atoms with Gasteiger partial charge in [-0.05, 0) is 30.1 Å². The van der Waals surface area contributed by atoms with Gasteiger partial charge in [-0.2, -0.15) is 0 Å². The number of amides is 1. The zero-order valence-corrected chi connectivity index (χ0v) is 10.6. The van der Waals surface area contributed by atoms with Gasteiger partial charge in [0.25, 0.3) is 5.91 Å². The van der Waals surface area contributed by atoms with Crippen molar-refractivity contribution in [3.05, 3.63) is 0 Å². The predicted octanol–water partition coefficient (Wildman–Crippen LogP) is 1.41. The monoisotopic (exact) mass is 223 g/mol. The summed E-state index contributed by atoms with van der Waals surface area (Å²) in [6.45, 7) is 8.81. The Bertz CT molecular complexity index is 352. The highest BCUT2D eigenvalue weighted by Gasteiger charge is 2.54. The second-order valence-electron chi connectivity index (χ2n) is 6.84. The van der Waals surface area contributed by atoms with E-state index in [1.165, 1.54) is 0 Å². The van der Waals surface area contributed by atoms with Crippen molar-refractivity contribution in [2.24, 2.45) is 21.6 Å². The van der Waals surface area contributed by atoms with Crippen LogP contribution in [-0.2, 0) is 4.79 Å². The topological polar surface area (TPSA) is 67.5 Å². The molecule has 0 radical (unpaired) electrons. The third-order valence-corrected chi connectivity index (χ3v) is 3.50. The van der Waals surface area contributed by atoms with Crippen molar-refractivity contribution >= 4 is 11.9 Å². The molecular weight excluding hydrogens is 202 g/mol. The number of guanidine groups is 1. The Morgan fingerprint density at radius 2 is 1.62 bits per heavy atom. The lowest BCUT2D eigenvalue weighted by Gasteiger charge is -2.47. The van der Waals surface area contributed by atoms with Crippen molar-refractivity contribution < 1.29 is 4.79 Å². The molecule has 1 fully saturated rings. The van der Waals surface area contributed by atoms with Crippen molar-refractivity contribution in [2.75, 3.05) is 0 Å². The number of rotatable bonds is 0. The predicted molar refractivity (Wildman–Crippen MR) is 63.9 cm³/mol. The number of nitrogens with two attached hydrogens (primary N) is 1. The minimum absolute atomic E-state index is 0.0224. The molecule has 0 aromatic heterocycles. The Balaban J connectivity index is 2.39. The van der Waals surface area contributed by atoms with Gasteiger partial charge >= 0.3 is 0 Å². The molecule has 0 bridgehead atoms. The average Bonchev–Trinajstić information content (AvgIpc) is 2.17. The molecule has 0 aromatic carbocycles. The highest BCUT2D eigenvalue weighted by Crippen LogP contribution is 2.52. The van der Waals surface area contributed by atoms with E-state index >= 15 is 0 Å². The van der Waals surface area contributed by atoms with Crippen LogP contribution in [0.5, 0.6) is 0 Å². The summed E-state index contributed by atoms with van der Waals surface area (Å²) in [5, 5.41) is 2.64. The number of nitrogens with zero attached hydrogens (tertiary/aromatic N) is 1. The van der Waals surface area contributed by atoms with Gasteiger partial charge in [0.1, 0.15) is 5.54 Å². The maximum absolute atomic E-state index is 12.0. The Morgan fingerprint density at radius 3 is 2.00 bits per heavy atom. The minimum atomic E-state index is -0.616. The summed E-state index contributed by atoms with van der Waals surface area (Å²) in [4.78, 5) is 16.4. The van der Waals surface area contributed by atoms with Crippen LogP contribution in [0.2, 0.25) is 0 Å². The van der Waals surface area contributed by atoms with Gasteiger partial charge < -0.3 is 5.73 Å². The minimum Gasteiger partial charge on any atom is -0.370 e. The molecule has 1 saturated carbocycles. The smallest absolute Gasteiger partial charge is 0.254 e. The van der Waals surface area contributed by atoms with Crippen molar-refractivity contribution in [3.63, 3.8) is 0 Å². The van der Waals surface area contributed by atoms with Crippen LogP contribution in [0.25, 0.3) is 0 Å². The molecule has 16 heavy (non-hydrogen) atoms. The first-order valence-electron chi connectivity index (χ1n) is 5.81. The summed E-state index contributed by atoms with van der Waals surface area (Å²) < 4.78 is 0. The van der Waals surface area contributed by atoms with E-state index in [0.29, 0.717) is 0 Å². The van der Waals surface area contributed by atoms with E-state index in [4.69, 9.17) is 5.73 Å². The second kappa shape index (κ2) is 2.99. The zero-order valence-electron chi connectivity index (χ0n) is 10.6. The van der Waals surface area contributed by atoms with Crippen LogP contribution >= 0.6 is 0 Å². The normalized spacial score (nSPS) is 30.0. The Labute approximate surface area is 96.7 Å². The summed E-state index contributed by atoms with van der Waals surface area (Å²) in [6.07, 6.45) is 2.69. The van der Waals surface area contributed by atoms with E-state index in [1.807, 2.05) is 0 Å². The lowest BCUT2D eigenvalue weighted by Crippen LogP contribution is -2.50. The van der Waals surface area contributed by atoms with Crippen LogP contribution < -0.4 is 11.1 Å². The van der Waals surface area contributed by atoms with E-state index in [0.717, 1.165) is 19.3 Å². The number of aliphatic imine (C=N–C) groups is 1. The van der Waals surface area contributed by atoms with Crippen LogP contribution in [0.3, 0.4) is 0 Å². The summed E-state index contributed by atoms with van der Waals surface area (Å²) in [6, 6.07) is 0. The highest BCUT2D eigenvalue weighted by atomic mass is 16.2. The lowest BCUT2D eigenvalue weighted by atomic mass is 9.58. The maximum Gasteiger partial charge on any atom is 0.254 e. The molecule has 2 aliphatic rings. The summed E-state index contributed by atoms with van der Waals surface area (Å²) >= 11 is 0. The van der Waals surface area contributed by atoms with E-state index in [-0.39, 0.29) is 22.7 Å². The van der Waals surface area contributed by atoms with E-state index < -0.39 is 5.54 Å². The number of hydrogen-bond donors (Lipinski definition) is 2. The Morgan fingerprint density at radius 1 is 1.12 bits per heavy atom. The van der Waals surface area contributed by atoms with Crippen molar-refractivity contribution in [1.82, 2.24) is 5.32 Å². The molecule has 4 nitrogen and oxygen atoms in total. The fourth-order valence-electron chi connectivity index (χ4n) is 3.85. The van der Waals surface area contributed by atoms with Gasteiger partial charge in [0.05, 0.1) is 0 Å². The number of carbonyl (C=O) groups excluding carboxylic acids is 1. The maximum atomic E-state index is 12.0. The highest BCUT2D eigenvalue weighted by molar-refractivity contribution is 6.06. The molecule has 3 N–H and O–H groups in total. The first-order chi connectivity index (χ1) is 7.14. The van der Waals surface area contributed by atoms with Crippen LogP contribution in [0, 0.1) is 10.8 Å². The van der Waals surface area contributed by atoms with Gasteiger partial charge in [-0.3, -0.25) is 10.1 Å². The third-order valence-electron chi connectivity index (χ3n) is 3.50. The molecular formula is C12H21N3O. The molecule has 4 heteroatoms. The van der Waals surface area contributed by atoms with Gasteiger partial charge in [0.15, 0.2) is 5.96 Å². The van der Waals surface area contributed by atoms with Crippen molar-refractivity contribution in [1.29, 1.82) is 0 Å². The molecule has 0 unspecified atom stereocenters. The lowest BCUT2D eigenvalue weighted by molar-refractivity contribution is -0.128. The van der Waals surface area contributed by atoms with E-state index in [1.54, 1.807) is 0 Å². The van der Waals surface area contributed by atoms with Gasteiger partial charge in [-0.1, -0.05) is 27.7 Å². The molecule has 0 atom stereocenters. The first kappa shape index (κ1) is 11.4. The number of hydrogen-bond acceptors (Lipinski definition) is 3. The zero-order chi connectivity index (χ0) is 12.2. The first-order valence-corrected chi connectivity index (χ1v) is 5.81. The largest absolute Gasteiger partial charge is 0.370 e. The summed E-state index contributed by atoms with van der Waals surface area (Å²) in [5.74, 6) is 0.254. The Hall–Kier alpha value is -1.06. The van der Waals surface area contributed by atoms with Gasteiger partial charge in [-0.25, -0.2) is 4.99 Å². The molecule has 1 heterocycles. The van der Waals surface area contributed by atoms with Crippen LogP contribution in [0.4, 0.5) is 0 Å². The SMILES string of the molecule is CC1(C)CC(C)(C)CC2(C1)N=C(N)NC2=O. The van der Waals surface area contributed by atoms with Crippen LogP contribution in [0.1, 0.15) is 47.0 Å². The van der Waals surface area contributed by atoms with Crippen molar-refractivity contribution in [2.45, 2.75) is 52.5 Å². The molecule has 1 amide bonds. The summed E-state index contributed by atoms with van der Waals surface area (Å²) in [5.41, 5.74) is 5.27. The van der Waals surface area contributed by atoms with Crippen molar-refractivity contribution in [3.8, 4) is 0 Å². The van der Waals surface area contributed by atoms with Gasteiger partial charge in [0.2, 0.25) is 0 Å².